The third-order valence-corrected chi connectivity index (χ3v) is 3.92. The van der Waals surface area contributed by atoms with E-state index >= 15 is 0 Å². The van der Waals surface area contributed by atoms with Crippen molar-refractivity contribution >= 4 is 33.6 Å². The van der Waals surface area contributed by atoms with Crippen molar-refractivity contribution in [3.63, 3.8) is 0 Å². The third kappa shape index (κ3) is 3.73. The number of oxazole rings is 1. The Hall–Kier alpha value is -2.06. The smallest absolute Gasteiger partial charge is 0.360 e. The highest BCUT2D eigenvalue weighted by Crippen LogP contribution is 2.18. The minimum atomic E-state index is -3.87. The van der Waals surface area contributed by atoms with Gasteiger partial charge < -0.3 is 9.15 Å². The van der Waals surface area contributed by atoms with E-state index in [0.29, 0.717) is 5.02 Å². The lowest BCUT2D eigenvalue weighted by molar-refractivity contribution is 0.0519. The van der Waals surface area contributed by atoms with Crippen molar-refractivity contribution in [3.8, 4) is 0 Å². The molecule has 0 aliphatic heterocycles. The SMILES string of the molecule is CCOC(=O)c1coc(NS(=O)(=O)c2ccc(Cl)cc2)n1. The number of nitrogens with zero attached hydrogens (tertiary/aromatic N) is 1. The molecule has 0 saturated heterocycles. The molecule has 0 atom stereocenters. The number of rotatable bonds is 5. The molecule has 0 aliphatic rings. The molecular weight excluding hydrogens is 320 g/mol. The molecule has 0 radical (unpaired) electrons. The monoisotopic (exact) mass is 330 g/mol. The standard InChI is InChI=1S/C12H11ClN2O5S/c1-2-19-11(16)10-7-20-12(14-10)15-21(17,18)9-5-3-8(13)4-6-9/h3-7H,2H2,1H3,(H,14,15). The topological polar surface area (TPSA) is 98.5 Å². The Morgan fingerprint density at radius 3 is 2.67 bits per heavy atom. The first kappa shape index (κ1) is 15.3. The van der Waals surface area contributed by atoms with Crippen LogP contribution in [0, 0.1) is 0 Å². The van der Waals surface area contributed by atoms with E-state index in [1.54, 1.807) is 6.92 Å². The predicted molar refractivity (Wildman–Crippen MR) is 74.7 cm³/mol. The first-order valence-corrected chi connectivity index (χ1v) is 7.69. The van der Waals surface area contributed by atoms with Gasteiger partial charge in [0.1, 0.15) is 6.26 Å². The average molecular weight is 331 g/mol. The summed E-state index contributed by atoms with van der Waals surface area (Å²) in [6.07, 6.45) is 1.01. The quantitative estimate of drug-likeness (QED) is 0.845. The number of carbonyl (C=O) groups is 1. The Balaban J connectivity index is 2.17. The summed E-state index contributed by atoms with van der Waals surface area (Å²) in [5, 5.41) is 0.412. The van der Waals surface area contributed by atoms with Crippen LogP contribution in [0.3, 0.4) is 0 Å². The lowest BCUT2D eigenvalue weighted by Gasteiger charge is -2.03. The molecule has 1 heterocycles. The number of sulfonamides is 1. The normalized spacial score (nSPS) is 11.1. The van der Waals surface area contributed by atoms with Gasteiger partial charge in [-0.25, -0.2) is 17.9 Å². The van der Waals surface area contributed by atoms with Gasteiger partial charge in [0.05, 0.1) is 11.5 Å². The Morgan fingerprint density at radius 1 is 1.38 bits per heavy atom. The second-order valence-electron chi connectivity index (χ2n) is 3.82. The number of nitrogens with one attached hydrogen (secondary N) is 1. The second-order valence-corrected chi connectivity index (χ2v) is 5.94. The Labute approximate surface area is 125 Å². The third-order valence-electron chi connectivity index (χ3n) is 2.33. The zero-order valence-electron chi connectivity index (χ0n) is 10.9. The lowest BCUT2D eigenvalue weighted by atomic mass is 10.4. The minimum Gasteiger partial charge on any atom is -0.461 e. The Kier molecular flexibility index (Phi) is 4.49. The zero-order chi connectivity index (χ0) is 15.5. The summed E-state index contributed by atoms with van der Waals surface area (Å²) in [5.74, 6) is -0.696. The van der Waals surface area contributed by atoms with Crippen molar-refractivity contribution in [1.82, 2.24) is 4.98 Å². The number of carbonyl (C=O) groups excluding carboxylic acids is 1. The molecule has 2 rings (SSSR count). The van der Waals surface area contributed by atoms with Crippen LogP contribution in [-0.2, 0) is 14.8 Å². The van der Waals surface area contributed by atoms with Crippen molar-refractivity contribution in [3.05, 3.63) is 41.2 Å². The first-order chi connectivity index (χ1) is 9.92. The number of aromatic nitrogens is 1. The molecule has 112 valence electrons. The average Bonchev–Trinajstić information content (AvgIpc) is 2.87. The molecule has 0 saturated carbocycles. The van der Waals surface area contributed by atoms with E-state index in [-0.39, 0.29) is 23.2 Å². The van der Waals surface area contributed by atoms with Crippen molar-refractivity contribution in [2.45, 2.75) is 11.8 Å². The maximum Gasteiger partial charge on any atom is 0.360 e. The number of esters is 1. The molecule has 7 nitrogen and oxygen atoms in total. The van der Waals surface area contributed by atoms with Gasteiger partial charge in [0, 0.05) is 5.02 Å². The molecule has 1 aromatic carbocycles. The number of hydrogen-bond donors (Lipinski definition) is 1. The molecule has 0 unspecified atom stereocenters. The highest BCUT2D eigenvalue weighted by molar-refractivity contribution is 7.92. The Morgan fingerprint density at radius 2 is 2.05 bits per heavy atom. The number of ether oxygens (including phenoxy) is 1. The van der Waals surface area contributed by atoms with Crippen LogP contribution in [0.2, 0.25) is 5.02 Å². The lowest BCUT2D eigenvalue weighted by Crippen LogP contribution is -2.13. The summed E-state index contributed by atoms with van der Waals surface area (Å²) in [7, 11) is -3.87. The van der Waals surface area contributed by atoms with E-state index in [9.17, 15) is 13.2 Å². The maximum absolute atomic E-state index is 12.0. The summed E-state index contributed by atoms with van der Waals surface area (Å²) in [4.78, 5) is 15.1. The van der Waals surface area contributed by atoms with Gasteiger partial charge in [0.15, 0.2) is 5.69 Å². The van der Waals surface area contributed by atoms with Crippen LogP contribution in [0.5, 0.6) is 0 Å². The number of benzene rings is 1. The molecule has 0 amide bonds. The first-order valence-electron chi connectivity index (χ1n) is 5.83. The van der Waals surface area contributed by atoms with E-state index in [2.05, 4.69) is 9.71 Å². The fourth-order valence-electron chi connectivity index (χ4n) is 1.41. The van der Waals surface area contributed by atoms with Gasteiger partial charge in [-0.3, -0.25) is 0 Å². The van der Waals surface area contributed by atoms with Gasteiger partial charge in [-0.05, 0) is 31.2 Å². The summed E-state index contributed by atoms with van der Waals surface area (Å²) in [6.45, 7) is 1.82. The summed E-state index contributed by atoms with van der Waals surface area (Å²) < 4.78 is 35.8. The number of anilines is 1. The van der Waals surface area contributed by atoms with Gasteiger partial charge in [0.2, 0.25) is 0 Å². The zero-order valence-corrected chi connectivity index (χ0v) is 12.4. The van der Waals surface area contributed by atoms with Gasteiger partial charge >= 0.3 is 12.0 Å². The van der Waals surface area contributed by atoms with Gasteiger partial charge in [-0.15, -0.1) is 0 Å². The summed E-state index contributed by atoms with van der Waals surface area (Å²) in [5.41, 5.74) is -0.120. The van der Waals surface area contributed by atoms with Crippen LogP contribution in [0.15, 0.2) is 39.8 Å². The molecule has 21 heavy (non-hydrogen) atoms. The molecular formula is C12H11ClN2O5S. The van der Waals surface area contributed by atoms with E-state index in [4.69, 9.17) is 20.8 Å². The van der Waals surface area contributed by atoms with Crippen LogP contribution in [0.4, 0.5) is 6.01 Å². The molecule has 1 N–H and O–H groups in total. The predicted octanol–water partition coefficient (Wildman–Crippen LogP) is 2.31. The van der Waals surface area contributed by atoms with Crippen molar-refractivity contribution in [2.75, 3.05) is 11.3 Å². The molecule has 9 heteroatoms. The van der Waals surface area contributed by atoms with Crippen LogP contribution in [0.25, 0.3) is 0 Å². The van der Waals surface area contributed by atoms with Gasteiger partial charge in [-0.2, -0.15) is 4.98 Å². The number of hydrogen-bond acceptors (Lipinski definition) is 6. The van der Waals surface area contributed by atoms with Gasteiger partial charge in [-0.1, -0.05) is 11.6 Å². The van der Waals surface area contributed by atoms with Crippen LogP contribution >= 0.6 is 11.6 Å². The molecule has 0 bridgehead atoms. The van der Waals surface area contributed by atoms with Crippen LogP contribution in [0.1, 0.15) is 17.4 Å². The highest BCUT2D eigenvalue weighted by atomic mass is 35.5. The Bertz CT molecular complexity index is 739. The van der Waals surface area contributed by atoms with E-state index in [0.717, 1.165) is 6.26 Å². The summed E-state index contributed by atoms with van der Waals surface area (Å²) >= 11 is 5.69. The maximum atomic E-state index is 12.0. The van der Waals surface area contributed by atoms with Crippen molar-refractivity contribution < 1.29 is 22.4 Å². The van der Waals surface area contributed by atoms with E-state index < -0.39 is 16.0 Å². The van der Waals surface area contributed by atoms with Gasteiger partial charge in [0.25, 0.3) is 10.0 Å². The summed E-state index contributed by atoms with van der Waals surface area (Å²) in [6, 6.07) is 5.22. The van der Waals surface area contributed by atoms with Crippen molar-refractivity contribution in [2.24, 2.45) is 0 Å². The second kappa shape index (κ2) is 6.15. The fraction of sp³-hybridized carbons (Fsp3) is 0.167. The van der Waals surface area contributed by atoms with Crippen LogP contribution in [-0.4, -0.2) is 26.0 Å². The molecule has 2 aromatic rings. The molecule has 0 spiro atoms. The van der Waals surface area contributed by atoms with Crippen LogP contribution < -0.4 is 4.72 Å². The minimum absolute atomic E-state index is 0.0113. The molecule has 1 aromatic heterocycles. The van der Waals surface area contributed by atoms with Crippen molar-refractivity contribution in [1.29, 1.82) is 0 Å². The van der Waals surface area contributed by atoms with E-state index in [1.807, 2.05) is 0 Å². The fourth-order valence-corrected chi connectivity index (χ4v) is 2.47. The highest BCUT2D eigenvalue weighted by Gasteiger charge is 2.19. The largest absolute Gasteiger partial charge is 0.461 e. The molecule has 0 aliphatic carbocycles. The number of halogens is 1. The van der Waals surface area contributed by atoms with E-state index in [1.165, 1.54) is 24.3 Å². The molecule has 0 fully saturated rings.